The second kappa shape index (κ2) is 6.86. The van der Waals surface area contributed by atoms with E-state index in [1.165, 1.54) is 12.8 Å². The Morgan fingerprint density at radius 2 is 1.95 bits per heavy atom. The molecule has 1 aliphatic carbocycles. The third kappa shape index (κ3) is 3.81. The van der Waals surface area contributed by atoms with Crippen LogP contribution >= 0.6 is 0 Å². The molecule has 0 bridgehead atoms. The number of carbonyl (C=O) groups is 1. The topological polar surface area (TPSA) is 58.6 Å². The van der Waals surface area contributed by atoms with Gasteiger partial charge in [-0.3, -0.25) is 0 Å². The molecule has 2 rings (SSSR count). The summed E-state index contributed by atoms with van der Waals surface area (Å²) >= 11 is 0. The van der Waals surface area contributed by atoms with E-state index in [9.17, 15) is 4.79 Å². The van der Waals surface area contributed by atoms with Gasteiger partial charge in [0.25, 0.3) is 0 Å². The van der Waals surface area contributed by atoms with E-state index in [2.05, 4.69) is 5.32 Å². The van der Waals surface area contributed by atoms with Crippen molar-refractivity contribution >= 4 is 5.97 Å². The first-order chi connectivity index (χ1) is 9.65. The quantitative estimate of drug-likeness (QED) is 0.804. The molecule has 4 nitrogen and oxygen atoms in total. The first-order valence-electron chi connectivity index (χ1n) is 7.32. The Morgan fingerprint density at radius 3 is 2.50 bits per heavy atom. The number of ether oxygens (including phenoxy) is 1. The first-order valence-corrected chi connectivity index (χ1v) is 7.32. The van der Waals surface area contributed by atoms with E-state index in [1.807, 2.05) is 19.1 Å². The van der Waals surface area contributed by atoms with Crippen molar-refractivity contribution in [3.63, 3.8) is 0 Å². The van der Waals surface area contributed by atoms with Gasteiger partial charge >= 0.3 is 5.97 Å². The summed E-state index contributed by atoms with van der Waals surface area (Å²) < 4.78 is 5.94. The van der Waals surface area contributed by atoms with Crippen molar-refractivity contribution in [2.45, 2.75) is 44.8 Å². The van der Waals surface area contributed by atoms with Crippen molar-refractivity contribution in [2.24, 2.45) is 0 Å². The molecule has 0 unspecified atom stereocenters. The molecule has 1 aliphatic rings. The fourth-order valence-corrected chi connectivity index (χ4v) is 2.90. The van der Waals surface area contributed by atoms with Crippen LogP contribution in [-0.4, -0.2) is 29.8 Å². The summed E-state index contributed by atoms with van der Waals surface area (Å²) in [7, 11) is 0. The minimum absolute atomic E-state index is 0.00968. The molecule has 0 saturated heterocycles. The van der Waals surface area contributed by atoms with E-state index < -0.39 is 5.97 Å². The third-order valence-corrected chi connectivity index (χ3v) is 3.94. The zero-order valence-electron chi connectivity index (χ0n) is 12.0. The molecule has 0 amide bonds. The van der Waals surface area contributed by atoms with Gasteiger partial charge in [-0.1, -0.05) is 25.0 Å². The van der Waals surface area contributed by atoms with Crippen molar-refractivity contribution in [3.8, 4) is 0 Å². The molecule has 4 heteroatoms. The zero-order chi connectivity index (χ0) is 14.4. The number of benzene rings is 1. The molecule has 0 atom stereocenters. The normalized spacial score (nSPS) is 17.2. The maximum Gasteiger partial charge on any atom is 0.335 e. The summed E-state index contributed by atoms with van der Waals surface area (Å²) in [6.45, 7) is 4.41. The predicted octanol–water partition coefficient (Wildman–Crippen LogP) is 2.82. The van der Waals surface area contributed by atoms with E-state index in [-0.39, 0.29) is 5.60 Å². The molecule has 1 aromatic carbocycles. The number of carboxylic acids is 1. The highest BCUT2D eigenvalue weighted by Crippen LogP contribution is 2.32. The highest BCUT2D eigenvalue weighted by molar-refractivity contribution is 5.87. The van der Waals surface area contributed by atoms with Crippen LogP contribution in [0.2, 0.25) is 0 Å². The van der Waals surface area contributed by atoms with Gasteiger partial charge in [-0.15, -0.1) is 0 Å². The van der Waals surface area contributed by atoms with E-state index in [0.717, 1.165) is 38.1 Å². The Morgan fingerprint density at radius 1 is 1.30 bits per heavy atom. The van der Waals surface area contributed by atoms with Crippen LogP contribution in [0.4, 0.5) is 0 Å². The molecule has 1 fully saturated rings. The Hall–Kier alpha value is -1.39. The highest BCUT2D eigenvalue weighted by atomic mass is 16.5. The first kappa shape index (κ1) is 15.0. The second-order valence-electron chi connectivity index (χ2n) is 5.43. The lowest BCUT2D eigenvalue weighted by Crippen LogP contribution is -2.40. The molecular weight excluding hydrogens is 254 g/mol. The fraction of sp³-hybridized carbons (Fsp3) is 0.562. The van der Waals surface area contributed by atoms with Crippen LogP contribution in [0, 0.1) is 0 Å². The molecule has 1 saturated carbocycles. The van der Waals surface area contributed by atoms with E-state index in [0.29, 0.717) is 5.56 Å². The van der Waals surface area contributed by atoms with Gasteiger partial charge in [-0.2, -0.15) is 0 Å². The summed E-state index contributed by atoms with van der Waals surface area (Å²) in [4.78, 5) is 10.8. The molecule has 0 aromatic heterocycles. The van der Waals surface area contributed by atoms with Gasteiger partial charge in [0.1, 0.15) is 0 Å². The molecule has 110 valence electrons. The van der Waals surface area contributed by atoms with Gasteiger partial charge in [0, 0.05) is 19.7 Å². The number of rotatable bonds is 7. The minimum Gasteiger partial charge on any atom is -0.478 e. The Kier molecular flexibility index (Phi) is 5.15. The lowest BCUT2D eigenvalue weighted by atomic mass is 10.0. The van der Waals surface area contributed by atoms with Gasteiger partial charge < -0.3 is 15.2 Å². The smallest absolute Gasteiger partial charge is 0.335 e. The lowest BCUT2D eigenvalue weighted by molar-refractivity contribution is -0.0328. The number of hydrogen-bond donors (Lipinski definition) is 2. The lowest BCUT2D eigenvalue weighted by Gasteiger charge is -2.29. The summed E-state index contributed by atoms with van der Waals surface area (Å²) in [5.41, 5.74) is 1.44. The van der Waals surface area contributed by atoms with Crippen LogP contribution in [0.3, 0.4) is 0 Å². The van der Waals surface area contributed by atoms with Crippen LogP contribution in [0.25, 0.3) is 0 Å². The molecular formula is C16H23NO3. The van der Waals surface area contributed by atoms with Crippen molar-refractivity contribution < 1.29 is 14.6 Å². The van der Waals surface area contributed by atoms with E-state index in [1.54, 1.807) is 12.1 Å². The molecule has 0 heterocycles. The van der Waals surface area contributed by atoms with Crippen molar-refractivity contribution in [1.82, 2.24) is 5.32 Å². The Balaban J connectivity index is 1.84. The SMILES string of the molecule is CCOC1(CNCc2ccc(C(=O)O)cc2)CCCC1. The Bertz CT molecular complexity index is 436. The van der Waals surface area contributed by atoms with Crippen LogP contribution in [0.5, 0.6) is 0 Å². The minimum atomic E-state index is -0.884. The van der Waals surface area contributed by atoms with Gasteiger partial charge in [0.15, 0.2) is 0 Å². The number of aromatic carboxylic acids is 1. The predicted molar refractivity (Wildman–Crippen MR) is 77.9 cm³/mol. The van der Waals surface area contributed by atoms with Gasteiger partial charge in [0.2, 0.25) is 0 Å². The Labute approximate surface area is 120 Å². The fourth-order valence-electron chi connectivity index (χ4n) is 2.90. The van der Waals surface area contributed by atoms with Crippen molar-refractivity contribution in [3.05, 3.63) is 35.4 Å². The van der Waals surface area contributed by atoms with Gasteiger partial charge in [-0.05, 0) is 37.5 Å². The van der Waals surface area contributed by atoms with Crippen molar-refractivity contribution in [2.75, 3.05) is 13.2 Å². The number of carboxylic acid groups (broad SMARTS) is 1. The zero-order valence-corrected chi connectivity index (χ0v) is 12.0. The molecule has 0 radical (unpaired) electrons. The number of nitrogens with one attached hydrogen (secondary N) is 1. The molecule has 2 N–H and O–H groups in total. The molecule has 1 aromatic rings. The average Bonchev–Trinajstić information content (AvgIpc) is 2.88. The molecule has 0 spiro atoms. The van der Waals surface area contributed by atoms with Gasteiger partial charge in [0.05, 0.1) is 11.2 Å². The van der Waals surface area contributed by atoms with Crippen LogP contribution < -0.4 is 5.32 Å². The van der Waals surface area contributed by atoms with E-state index >= 15 is 0 Å². The highest BCUT2D eigenvalue weighted by Gasteiger charge is 2.33. The van der Waals surface area contributed by atoms with E-state index in [4.69, 9.17) is 9.84 Å². The van der Waals surface area contributed by atoms with Crippen LogP contribution in [-0.2, 0) is 11.3 Å². The van der Waals surface area contributed by atoms with Crippen LogP contribution in [0.1, 0.15) is 48.5 Å². The standard InChI is InChI=1S/C16H23NO3/c1-2-20-16(9-3-4-10-16)12-17-11-13-5-7-14(8-6-13)15(18)19/h5-8,17H,2-4,9-12H2,1H3,(H,18,19). The summed E-state index contributed by atoms with van der Waals surface area (Å²) in [6.07, 6.45) is 4.75. The monoisotopic (exact) mass is 277 g/mol. The summed E-state index contributed by atoms with van der Waals surface area (Å²) in [5.74, 6) is -0.884. The average molecular weight is 277 g/mol. The maximum atomic E-state index is 10.8. The van der Waals surface area contributed by atoms with Crippen molar-refractivity contribution in [1.29, 1.82) is 0 Å². The molecule has 20 heavy (non-hydrogen) atoms. The third-order valence-electron chi connectivity index (χ3n) is 3.94. The second-order valence-corrected chi connectivity index (χ2v) is 5.43. The summed E-state index contributed by atoms with van der Waals surface area (Å²) in [5, 5.41) is 12.3. The van der Waals surface area contributed by atoms with Gasteiger partial charge in [-0.25, -0.2) is 4.79 Å². The maximum absolute atomic E-state index is 10.8. The molecule has 0 aliphatic heterocycles. The summed E-state index contributed by atoms with van der Waals surface area (Å²) in [6, 6.07) is 7.01. The van der Waals surface area contributed by atoms with Crippen LogP contribution in [0.15, 0.2) is 24.3 Å². The number of hydrogen-bond acceptors (Lipinski definition) is 3. The largest absolute Gasteiger partial charge is 0.478 e.